The van der Waals surface area contributed by atoms with Crippen molar-refractivity contribution in [3.05, 3.63) is 65.9 Å². The largest absolute Gasteiger partial charge is 0.442 e. The number of rotatable bonds is 7. The zero-order valence-corrected chi connectivity index (χ0v) is 18.3. The molecule has 0 saturated carbocycles. The summed E-state index contributed by atoms with van der Waals surface area (Å²) < 4.78 is 21.7. The van der Waals surface area contributed by atoms with Gasteiger partial charge in [0.2, 0.25) is 5.91 Å². The van der Waals surface area contributed by atoms with Crippen LogP contribution in [0.15, 0.2) is 48.8 Å². The summed E-state index contributed by atoms with van der Waals surface area (Å²) in [5.41, 5.74) is 13.4. The highest BCUT2D eigenvalue weighted by Gasteiger charge is 2.32. The molecular weight excluding hydrogens is 443 g/mol. The molecule has 2 aromatic carbocycles. The molecule has 1 aliphatic heterocycles. The van der Waals surface area contributed by atoms with Gasteiger partial charge in [-0.05, 0) is 29.3 Å². The van der Waals surface area contributed by atoms with Gasteiger partial charge in [0, 0.05) is 19.0 Å². The molecule has 1 atom stereocenters. The van der Waals surface area contributed by atoms with Crippen molar-refractivity contribution in [1.29, 1.82) is 0 Å². The number of primary amides is 1. The molecule has 10 nitrogen and oxygen atoms in total. The normalized spacial score (nSPS) is 15.3. The van der Waals surface area contributed by atoms with Gasteiger partial charge in [-0.1, -0.05) is 24.3 Å². The minimum atomic E-state index is -0.669. The van der Waals surface area contributed by atoms with Crippen molar-refractivity contribution in [3.8, 4) is 11.1 Å². The van der Waals surface area contributed by atoms with E-state index in [9.17, 15) is 18.8 Å². The molecule has 4 rings (SSSR count). The van der Waals surface area contributed by atoms with Crippen LogP contribution in [0.1, 0.15) is 23.0 Å². The van der Waals surface area contributed by atoms with Crippen molar-refractivity contribution in [2.75, 3.05) is 23.7 Å². The number of amides is 3. The average Bonchev–Trinajstić information content (AvgIpc) is 3.35. The highest BCUT2D eigenvalue weighted by Crippen LogP contribution is 2.29. The molecule has 5 N–H and O–H groups in total. The maximum Gasteiger partial charge on any atom is 0.414 e. The van der Waals surface area contributed by atoms with E-state index < -0.39 is 23.9 Å². The summed E-state index contributed by atoms with van der Waals surface area (Å²) in [6.07, 6.45) is 0.334. The van der Waals surface area contributed by atoms with Crippen molar-refractivity contribution in [2.24, 2.45) is 5.73 Å². The van der Waals surface area contributed by atoms with E-state index in [0.29, 0.717) is 23.4 Å². The summed E-state index contributed by atoms with van der Waals surface area (Å²) in [6.45, 7) is 2.09. The number of nitrogen functional groups attached to an aromatic ring is 1. The third-order valence-corrected chi connectivity index (χ3v) is 5.43. The fourth-order valence-electron chi connectivity index (χ4n) is 3.77. The Morgan fingerprint density at radius 1 is 1.24 bits per heavy atom. The molecule has 0 spiro atoms. The quantitative estimate of drug-likeness (QED) is 0.485. The Morgan fingerprint density at radius 2 is 1.97 bits per heavy atom. The van der Waals surface area contributed by atoms with Crippen LogP contribution in [-0.2, 0) is 16.1 Å². The average molecular weight is 466 g/mol. The van der Waals surface area contributed by atoms with E-state index in [2.05, 4.69) is 10.3 Å². The molecule has 1 aliphatic rings. The molecule has 1 aromatic heterocycles. The van der Waals surface area contributed by atoms with E-state index in [1.807, 2.05) is 0 Å². The Morgan fingerprint density at radius 3 is 2.62 bits per heavy atom. The monoisotopic (exact) mass is 466 g/mol. The Balaban J connectivity index is 1.48. The van der Waals surface area contributed by atoms with Crippen molar-refractivity contribution in [1.82, 2.24) is 14.9 Å². The van der Waals surface area contributed by atoms with Crippen LogP contribution in [0.3, 0.4) is 0 Å². The van der Waals surface area contributed by atoms with Crippen molar-refractivity contribution >= 4 is 29.4 Å². The molecule has 34 heavy (non-hydrogen) atoms. The van der Waals surface area contributed by atoms with Crippen LogP contribution in [0.2, 0.25) is 0 Å². The molecule has 0 aliphatic carbocycles. The zero-order chi connectivity index (χ0) is 24.4. The van der Waals surface area contributed by atoms with Gasteiger partial charge in [-0.15, -0.1) is 0 Å². The fourth-order valence-corrected chi connectivity index (χ4v) is 3.77. The first kappa shape index (κ1) is 22.8. The summed E-state index contributed by atoms with van der Waals surface area (Å²) in [5, 5.41) is 2.60. The summed E-state index contributed by atoms with van der Waals surface area (Å²) in [6, 6.07) is 11.6. The second-order valence-corrected chi connectivity index (χ2v) is 7.89. The van der Waals surface area contributed by atoms with Crippen LogP contribution < -0.4 is 21.7 Å². The lowest BCUT2D eigenvalue weighted by molar-refractivity contribution is -0.119. The van der Waals surface area contributed by atoms with Gasteiger partial charge < -0.3 is 26.1 Å². The molecular formula is C23H23FN6O4. The summed E-state index contributed by atoms with van der Waals surface area (Å²) in [4.78, 5) is 40.1. The van der Waals surface area contributed by atoms with Gasteiger partial charge in [0.25, 0.3) is 5.91 Å². The lowest BCUT2D eigenvalue weighted by atomic mass is 10.0. The molecule has 0 bridgehead atoms. The van der Waals surface area contributed by atoms with E-state index in [0.717, 1.165) is 5.56 Å². The number of anilines is 2. The lowest BCUT2D eigenvalue weighted by Crippen LogP contribution is -2.33. The van der Waals surface area contributed by atoms with E-state index in [4.69, 9.17) is 16.2 Å². The molecule has 2 heterocycles. The number of nitrogens with two attached hydrogens (primary N) is 2. The molecule has 11 heteroatoms. The number of halogens is 1. The van der Waals surface area contributed by atoms with Crippen LogP contribution >= 0.6 is 0 Å². The van der Waals surface area contributed by atoms with Gasteiger partial charge in [0.1, 0.15) is 11.9 Å². The second-order valence-electron chi connectivity index (χ2n) is 7.89. The second kappa shape index (κ2) is 9.22. The standard InChI is InChI=1S/C23H23FN6O4/c1-13(31)27-9-17-11-30(23(33)34-17)16-6-7-18(19(24)8-16)15-4-2-14(3-5-15)10-29-12-28-21(25)20(29)22(26)32/h2-8,12,17H,9-11,25H2,1H3,(H2,26,32)(H,27,31). The predicted molar refractivity (Wildman–Crippen MR) is 122 cm³/mol. The number of carbonyl (C=O) groups excluding carboxylic acids is 3. The lowest BCUT2D eigenvalue weighted by Gasteiger charge is -2.15. The predicted octanol–water partition coefficient (Wildman–Crippen LogP) is 1.88. The summed E-state index contributed by atoms with van der Waals surface area (Å²) >= 11 is 0. The van der Waals surface area contributed by atoms with E-state index in [-0.39, 0.29) is 30.5 Å². The smallest absolute Gasteiger partial charge is 0.414 e. The maximum atomic E-state index is 14.9. The van der Waals surface area contributed by atoms with Crippen LogP contribution in [-0.4, -0.2) is 46.7 Å². The van der Waals surface area contributed by atoms with Crippen molar-refractivity contribution < 1.29 is 23.5 Å². The van der Waals surface area contributed by atoms with Gasteiger partial charge in [-0.3, -0.25) is 14.5 Å². The topological polar surface area (TPSA) is 146 Å². The minimum absolute atomic E-state index is 0.0644. The SMILES string of the molecule is CC(=O)NCC1CN(c2ccc(-c3ccc(Cn4cnc(N)c4C(N)=O)cc3)c(F)c2)C(=O)O1. The molecule has 1 fully saturated rings. The fraction of sp³-hybridized carbons (Fsp3) is 0.217. The number of benzene rings is 2. The summed E-state index contributed by atoms with van der Waals surface area (Å²) in [5.74, 6) is -1.33. The van der Waals surface area contributed by atoms with E-state index >= 15 is 0 Å². The molecule has 3 amide bonds. The van der Waals surface area contributed by atoms with Crippen LogP contribution in [0, 0.1) is 5.82 Å². The molecule has 3 aromatic rings. The number of ether oxygens (including phenoxy) is 1. The number of hydrogen-bond acceptors (Lipinski definition) is 6. The third-order valence-electron chi connectivity index (χ3n) is 5.43. The van der Waals surface area contributed by atoms with Crippen LogP contribution in [0.4, 0.5) is 20.7 Å². The first-order chi connectivity index (χ1) is 16.2. The maximum absolute atomic E-state index is 14.9. The Hall–Kier alpha value is -4.41. The van der Waals surface area contributed by atoms with Crippen LogP contribution in [0.25, 0.3) is 11.1 Å². The molecule has 0 radical (unpaired) electrons. The molecule has 176 valence electrons. The Bertz CT molecular complexity index is 1260. The minimum Gasteiger partial charge on any atom is -0.442 e. The van der Waals surface area contributed by atoms with Gasteiger partial charge in [0.15, 0.2) is 11.5 Å². The van der Waals surface area contributed by atoms with Crippen molar-refractivity contribution in [3.63, 3.8) is 0 Å². The Kier molecular flexibility index (Phi) is 6.17. The van der Waals surface area contributed by atoms with Crippen molar-refractivity contribution in [2.45, 2.75) is 19.6 Å². The first-order valence-electron chi connectivity index (χ1n) is 10.4. The van der Waals surface area contributed by atoms with Gasteiger partial charge in [-0.25, -0.2) is 14.2 Å². The first-order valence-corrected chi connectivity index (χ1v) is 10.4. The van der Waals surface area contributed by atoms with E-state index in [1.54, 1.807) is 41.0 Å². The number of aromatic nitrogens is 2. The third kappa shape index (κ3) is 4.68. The number of carbonyl (C=O) groups is 3. The van der Waals surface area contributed by atoms with Crippen LogP contribution in [0.5, 0.6) is 0 Å². The number of hydrogen-bond donors (Lipinski definition) is 3. The number of imidazole rings is 1. The van der Waals surface area contributed by atoms with Gasteiger partial charge >= 0.3 is 6.09 Å². The highest BCUT2D eigenvalue weighted by atomic mass is 19.1. The summed E-state index contributed by atoms with van der Waals surface area (Å²) in [7, 11) is 0. The van der Waals surface area contributed by atoms with Gasteiger partial charge in [0.05, 0.1) is 25.1 Å². The molecule has 1 unspecified atom stereocenters. The number of nitrogens with one attached hydrogen (secondary N) is 1. The molecule has 1 saturated heterocycles. The zero-order valence-electron chi connectivity index (χ0n) is 18.3. The number of cyclic esters (lactones) is 1. The Labute approximate surface area is 194 Å². The highest BCUT2D eigenvalue weighted by molar-refractivity contribution is 5.95. The van der Waals surface area contributed by atoms with E-state index in [1.165, 1.54) is 24.2 Å². The van der Waals surface area contributed by atoms with Gasteiger partial charge in [-0.2, -0.15) is 0 Å². The number of nitrogens with zero attached hydrogens (tertiary/aromatic N) is 3.